The Hall–Kier alpha value is -4.59. The summed E-state index contributed by atoms with van der Waals surface area (Å²) in [5.41, 5.74) is 1.74. The summed E-state index contributed by atoms with van der Waals surface area (Å²) >= 11 is 0. The number of carbonyl (C=O) groups is 2. The molecule has 1 heterocycles. The van der Waals surface area contributed by atoms with Crippen molar-refractivity contribution in [3.63, 3.8) is 0 Å². The Morgan fingerprint density at radius 2 is 1.54 bits per heavy atom. The molecule has 0 unspecified atom stereocenters. The molecular formula is C27H24N2O6. The molecule has 0 bridgehead atoms. The fourth-order valence-electron chi connectivity index (χ4n) is 3.84. The number of anilines is 1. The number of ether oxygens (including phenoxy) is 2. The molecule has 4 rings (SSSR count). The van der Waals surface area contributed by atoms with E-state index in [1.807, 2.05) is 18.2 Å². The molecule has 0 saturated heterocycles. The van der Waals surface area contributed by atoms with Crippen LogP contribution < -0.4 is 25.7 Å². The molecule has 0 aliphatic carbocycles. The molecule has 0 spiro atoms. The Morgan fingerprint density at radius 3 is 2.17 bits per heavy atom. The van der Waals surface area contributed by atoms with Gasteiger partial charge in [-0.3, -0.25) is 9.59 Å². The van der Waals surface area contributed by atoms with Crippen molar-refractivity contribution < 1.29 is 23.5 Å². The third kappa shape index (κ3) is 5.01. The second-order valence-corrected chi connectivity index (χ2v) is 7.75. The van der Waals surface area contributed by atoms with Crippen LogP contribution in [-0.4, -0.2) is 33.1 Å². The number of amides is 2. The smallest absolute Gasteiger partial charge is 0.349 e. The van der Waals surface area contributed by atoms with Crippen LogP contribution in [0.15, 0.2) is 75.9 Å². The number of para-hydroxylation sites is 1. The zero-order chi connectivity index (χ0) is 24.9. The summed E-state index contributed by atoms with van der Waals surface area (Å²) in [6, 6.07) is 18.8. The van der Waals surface area contributed by atoms with Crippen LogP contribution in [0.5, 0.6) is 11.5 Å². The highest BCUT2D eigenvalue weighted by Gasteiger charge is 2.22. The maximum absolute atomic E-state index is 13.3. The Morgan fingerprint density at radius 1 is 0.886 bits per heavy atom. The third-order valence-electron chi connectivity index (χ3n) is 5.57. The van der Waals surface area contributed by atoms with Gasteiger partial charge in [-0.25, -0.2) is 4.79 Å². The number of benzene rings is 3. The van der Waals surface area contributed by atoms with E-state index in [1.54, 1.807) is 62.8 Å². The summed E-state index contributed by atoms with van der Waals surface area (Å²) in [4.78, 5) is 38.1. The molecule has 8 heteroatoms. The lowest BCUT2D eigenvalue weighted by Gasteiger charge is -2.14. The van der Waals surface area contributed by atoms with E-state index in [0.29, 0.717) is 39.3 Å². The molecule has 0 fully saturated rings. The van der Waals surface area contributed by atoms with Crippen LogP contribution in [0, 0.1) is 0 Å². The second kappa shape index (κ2) is 10.1. The molecule has 4 aromatic rings. The van der Waals surface area contributed by atoms with Gasteiger partial charge in [-0.05, 0) is 60.0 Å². The predicted octanol–water partition coefficient (Wildman–Crippen LogP) is 4.01. The molecule has 0 aliphatic rings. The zero-order valence-electron chi connectivity index (χ0n) is 19.5. The Balaban J connectivity index is 1.77. The molecule has 0 aliphatic heterocycles. The highest BCUT2D eigenvalue weighted by Crippen LogP contribution is 2.28. The summed E-state index contributed by atoms with van der Waals surface area (Å²) in [6.45, 7) is 0. The monoisotopic (exact) mass is 472 g/mol. The lowest BCUT2D eigenvalue weighted by atomic mass is 9.96. The van der Waals surface area contributed by atoms with Gasteiger partial charge in [0.05, 0.1) is 14.2 Å². The van der Waals surface area contributed by atoms with E-state index in [9.17, 15) is 14.4 Å². The number of hydrogen-bond acceptors (Lipinski definition) is 6. The summed E-state index contributed by atoms with van der Waals surface area (Å²) in [5.74, 6) is 0.332. The van der Waals surface area contributed by atoms with Gasteiger partial charge in [-0.15, -0.1) is 0 Å². The van der Waals surface area contributed by atoms with E-state index in [2.05, 4.69) is 10.6 Å². The summed E-state index contributed by atoms with van der Waals surface area (Å²) in [7, 11) is 4.65. The Kier molecular flexibility index (Phi) is 6.82. The van der Waals surface area contributed by atoms with Crippen molar-refractivity contribution in [1.29, 1.82) is 0 Å². The average molecular weight is 472 g/mol. The lowest BCUT2D eigenvalue weighted by Crippen LogP contribution is -2.24. The maximum atomic E-state index is 13.3. The van der Waals surface area contributed by atoms with Crippen LogP contribution in [0.4, 0.5) is 5.69 Å². The van der Waals surface area contributed by atoms with Crippen molar-refractivity contribution in [3.8, 4) is 11.5 Å². The number of hydrogen-bond donors (Lipinski definition) is 2. The van der Waals surface area contributed by atoms with Gasteiger partial charge < -0.3 is 24.5 Å². The minimum atomic E-state index is -0.743. The quantitative estimate of drug-likeness (QED) is 0.394. The van der Waals surface area contributed by atoms with E-state index >= 15 is 0 Å². The molecule has 0 atom stereocenters. The number of methoxy groups -OCH3 is 2. The highest BCUT2D eigenvalue weighted by atomic mass is 16.5. The van der Waals surface area contributed by atoms with Crippen LogP contribution in [0.3, 0.4) is 0 Å². The van der Waals surface area contributed by atoms with E-state index < -0.39 is 11.5 Å². The normalized spacial score (nSPS) is 10.6. The fraction of sp³-hybridized carbons (Fsp3) is 0.148. The minimum Gasteiger partial charge on any atom is -0.497 e. The number of fused-ring (bicyclic) bond motifs is 1. The van der Waals surface area contributed by atoms with E-state index in [4.69, 9.17) is 13.9 Å². The number of nitrogens with one attached hydrogen (secondary N) is 2. The molecule has 0 radical (unpaired) electrons. The largest absolute Gasteiger partial charge is 0.497 e. The van der Waals surface area contributed by atoms with Gasteiger partial charge in [0.2, 0.25) is 0 Å². The van der Waals surface area contributed by atoms with Crippen LogP contribution in [0.2, 0.25) is 0 Å². The van der Waals surface area contributed by atoms with Crippen molar-refractivity contribution in [2.45, 2.75) is 6.42 Å². The van der Waals surface area contributed by atoms with E-state index in [1.165, 1.54) is 7.05 Å². The van der Waals surface area contributed by atoms with Gasteiger partial charge in [0, 0.05) is 29.8 Å². The second-order valence-electron chi connectivity index (χ2n) is 7.75. The van der Waals surface area contributed by atoms with Gasteiger partial charge in [-0.1, -0.05) is 18.2 Å². The minimum absolute atomic E-state index is 0.0964. The Bertz CT molecular complexity index is 1440. The van der Waals surface area contributed by atoms with Gasteiger partial charge in [0.1, 0.15) is 22.6 Å². The van der Waals surface area contributed by atoms with E-state index in [-0.39, 0.29) is 17.9 Å². The van der Waals surface area contributed by atoms with Gasteiger partial charge >= 0.3 is 5.63 Å². The fourth-order valence-corrected chi connectivity index (χ4v) is 3.84. The molecule has 8 nitrogen and oxygen atoms in total. The predicted molar refractivity (Wildman–Crippen MR) is 133 cm³/mol. The van der Waals surface area contributed by atoms with Gasteiger partial charge in [0.25, 0.3) is 11.8 Å². The van der Waals surface area contributed by atoms with Crippen molar-refractivity contribution in [2.24, 2.45) is 0 Å². The summed E-state index contributed by atoms with van der Waals surface area (Å²) in [5, 5.41) is 5.93. The van der Waals surface area contributed by atoms with Gasteiger partial charge in [-0.2, -0.15) is 0 Å². The summed E-state index contributed by atoms with van der Waals surface area (Å²) in [6.07, 6.45) is 0.262. The Labute approximate surface area is 201 Å². The zero-order valence-corrected chi connectivity index (χ0v) is 19.5. The first-order chi connectivity index (χ1) is 16.9. The molecule has 0 saturated carbocycles. The topological polar surface area (TPSA) is 107 Å². The first-order valence-electron chi connectivity index (χ1n) is 10.8. The third-order valence-corrected chi connectivity index (χ3v) is 5.57. The van der Waals surface area contributed by atoms with Crippen molar-refractivity contribution in [2.75, 3.05) is 26.6 Å². The molecule has 2 amide bonds. The van der Waals surface area contributed by atoms with Crippen molar-refractivity contribution in [1.82, 2.24) is 5.32 Å². The summed E-state index contributed by atoms with van der Waals surface area (Å²) < 4.78 is 16.2. The van der Waals surface area contributed by atoms with Crippen LogP contribution in [0.25, 0.3) is 11.0 Å². The lowest BCUT2D eigenvalue weighted by molar-refractivity contribution is 0.0962. The van der Waals surface area contributed by atoms with E-state index in [0.717, 1.165) is 5.56 Å². The highest BCUT2D eigenvalue weighted by molar-refractivity contribution is 6.07. The molecule has 3 aromatic carbocycles. The average Bonchev–Trinajstić information content (AvgIpc) is 2.88. The standard InChI is InChI=1S/C27H24N2O6/c1-28-25(30)17-8-10-18(11-9-17)29-26(31)24-22(21-6-4-5-7-23(21)35-27(24)32)14-16-12-19(33-2)15-20(13-16)34-3/h4-13,15H,14H2,1-3H3,(H,28,30)(H,29,31). The first kappa shape index (κ1) is 23.6. The first-order valence-corrected chi connectivity index (χ1v) is 10.8. The van der Waals surface area contributed by atoms with Crippen molar-refractivity contribution >= 4 is 28.5 Å². The van der Waals surface area contributed by atoms with Gasteiger partial charge in [0.15, 0.2) is 0 Å². The van der Waals surface area contributed by atoms with Crippen LogP contribution in [0.1, 0.15) is 31.8 Å². The maximum Gasteiger partial charge on any atom is 0.349 e. The molecule has 2 N–H and O–H groups in total. The molecular weight excluding hydrogens is 448 g/mol. The van der Waals surface area contributed by atoms with Crippen LogP contribution >= 0.6 is 0 Å². The van der Waals surface area contributed by atoms with Crippen molar-refractivity contribution in [3.05, 3.63) is 99.4 Å². The molecule has 35 heavy (non-hydrogen) atoms. The number of rotatable bonds is 7. The molecule has 1 aromatic heterocycles. The number of carbonyl (C=O) groups excluding carboxylic acids is 2. The SMILES string of the molecule is CNC(=O)c1ccc(NC(=O)c2c(Cc3cc(OC)cc(OC)c3)c3ccccc3oc2=O)cc1. The molecule has 178 valence electrons. The van der Waals surface area contributed by atoms with Crippen LogP contribution in [-0.2, 0) is 6.42 Å².